The van der Waals surface area contributed by atoms with Crippen LogP contribution in [-0.2, 0) is 0 Å². The summed E-state index contributed by atoms with van der Waals surface area (Å²) in [7, 11) is 0. The Morgan fingerprint density at radius 1 is 1.29 bits per heavy atom. The van der Waals surface area contributed by atoms with Gasteiger partial charge in [-0.25, -0.2) is 9.78 Å². The van der Waals surface area contributed by atoms with Gasteiger partial charge in [0.1, 0.15) is 0 Å². The number of thiazole rings is 1. The molecule has 3 aromatic rings. The number of urea groups is 1. The van der Waals surface area contributed by atoms with E-state index in [2.05, 4.69) is 20.6 Å². The lowest BCUT2D eigenvalue weighted by Crippen LogP contribution is -2.39. The Morgan fingerprint density at radius 2 is 2.08 bits per heavy atom. The number of carbonyl (C=O) groups excluding carboxylic acids is 1. The van der Waals surface area contributed by atoms with Crippen LogP contribution in [0.15, 0.2) is 47.5 Å². The van der Waals surface area contributed by atoms with Crippen molar-refractivity contribution in [3.05, 3.63) is 53.1 Å². The van der Waals surface area contributed by atoms with Crippen LogP contribution >= 0.6 is 22.9 Å². The van der Waals surface area contributed by atoms with Gasteiger partial charge in [-0.05, 0) is 36.8 Å². The maximum absolute atomic E-state index is 12.0. The van der Waals surface area contributed by atoms with Crippen LogP contribution < -0.4 is 16.4 Å². The Kier molecular flexibility index (Phi) is 4.64. The van der Waals surface area contributed by atoms with Crippen LogP contribution in [0.25, 0.3) is 10.2 Å². The maximum Gasteiger partial charge on any atom is 0.326 e. The van der Waals surface area contributed by atoms with E-state index >= 15 is 0 Å². The second kappa shape index (κ2) is 6.86. The van der Waals surface area contributed by atoms with Gasteiger partial charge in [-0.2, -0.15) is 4.99 Å². The molecular formula is C16H14ClN5OS. The lowest BCUT2D eigenvalue weighted by molar-refractivity contribution is 0.256. The fraction of sp³-hybridized carbons (Fsp3) is 0.0625. The van der Waals surface area contributed by atoms with Gasteiger partial charge < -0.3 is 11.1 Å². The Labute approximate surface area is 147 Å². The number of fused-ring (bicyclic) bond motifs is 1. The van der Waals surface area contributed by atoms with Crippen molar-refractivity contribution in [2.24, 2.45) is 10.7 Å². The smallest absolute Gasteiger partial charge is 0.326 e. The average molecular weight is 360 g/mol. The molecule has 0 bridgehead atoms. The Balaban J connectivity index is 1.70. The maximum atomic E-state index is 12.0. The number of aliphatic imine (C=N–C) groups is 1. The summed E-state index contributed by atoms with van der Waals surface area (Å²) in [5.74, 6) is -0.0359. The molecule has 1 aromatic heterocycles. The highest BCUT2D eigenvalue weighted by Crippen LogP contribution is 2.27. The van der Waals surface area contributed by atoms with Crippen molar-refractivity contribution < 1.29 is 4.79 Å². The Hall–Kier alpha value is -2.64. The van der Waals surface area contributed by atoms with E-state index in [1.165, 1.54) is 11.3 Å². The van der Waals surface area contributed by atoms with Crippen LogP contribution in [-0.4, -0.2) is 17.0 Å². The summed E-state index contributed by atoms with van der Waals surface area (Å²) in [6, 6.07) is 12.4. The first-order chi connectivity index (χ1) is 11.5. The molecule has 122 valence electrons. The molecule has 8 heteroatoms. The van der Waals surface area contributed by atoms with Crippen LogP contribution in [0.3, 0.4) is 0 Å². The zero-order valence-corrected chi connectivity index (χ0v) is 14.3. The third-order valence-electron chi connectivity index (χ3n) is 3.19. The number of benzene rings is 2. The second-order valence-corrected chi connectivity index (χ2v) is 6.45. The van der Waals surface area contributed by atoms with Crippen molar-refractivity contribution in [3.63, 3.8) is 0 Å². The number of aryl methyl sites for hydroxylation is 1. The third kappa shape index (κ3) is 3.81. The fourth-order valence-electron chi connectivity index (χ4n) is 2.04. The summed E-state index contributed by atoms with van der Waals surface area (Å²) in [6.07, 6.45) is 0. The molecule has 0 aliphatic heterocycles. The highest BCUT2D eigenvalue weighted by Gasteiger charge is 2.08. The molecule has 0 unspecified atom stereocenters. The van der Waals surface area contributed by atoms with Crippen molar-refractivity contribution in [3.8, 4) is 0 Å². The molecule has 2 amide bonds. The van der Waals surface area contributed by atoms with Gasteiger partial charge in [-0.1, -0.05) is 41.1 Å². The molecule has 4 N–H and O–H groups in total. The predicted molar refractivity (Wildman–Crippen MR) is 99.2 cm³/mol. The van der Waals surface area contributed by atoms with Gasteiger partial charge in [0.2, 0.25) is 11.1 Å². The van der Waals surface area contributed by atoms with Crippen LogP contribution in [0.1, 0.15) is 5.56 Å². The van der Waals surface area contributed by atoms with Crippen molar-refractivity contribution in [2.45, 2.75) is 6.92 Å². The molecule has 2 aromatic carbocycles. The number of para-hydroxylation sites is 1. The normalized spacial score (nSPS) is 11.5. The van der Waals surface area contributed by atoms with Gasteiger partial charge in [0.15, 0.2) is 0 Å². The van der Waals surface area contributed by atoms with E-state index in [0.29, 0.717) is 15.8 Å². The number of amides is 2. The van der Waals surface area contributed by atoms with Gasteiger partial charge in [0.25, 0.3) is 0 Å². The summed E-state index contributed by atoms with van der Waals surface area (Å²) in [5.41, 5.74) is 8.10. The van der Waals surface area contributed by atoms with E-state index in [9.17, 15) is 4.79 Å². The highest BCUT2D eigenvalue weighted by molar-refractivity contribution is 7.22. The molecular weight excluding hydrogens is 346 g/mol. The van der Waals surface area contributed by atoms with E-state index in [1.54, 1.807) is 12.1 Å². The quantitative estimate of drug-likeness (QED) is 0.476. The van der Waals surface area contributed by atoms with Crippen LogP contribution in [0, 0.1) is 6.92 Å². The minimum atomic E-state index is -0.497. The number of rotatable bonds is 2. The van der Waals surface area contributed by atoms with Crippen molar-refractivity contribution in [2.75, 3.05) is 5.32 Å². The number of anilines is 1. The first kappa shape index (κ1) is 16.2. The van der Waals surface area contributed by atoms with E-state index < -0.39 is 6.03 Å². The monoisotopic (exact) mass is 359 g/mol. The summed E-state index contributed by atoms with van der Waals surface area (Å²) in [6.45, 7) is 1.87. The number of nitrogens with one attached hydrogen (secondary N) is 2. The fourth-order valence-corrected chi connectivity index (χ4v) is 3.06. The number of aromatic nitrogens is 1. The van der Waals surface area contributed by atoms with Gasteiger partial charge in [0.05, 0.1) is 10.2 Å². The Morgan fingerprint density at radius 3 is 2.88 bits per heavy atom. The molecule has 24 heavy (non-hydrogen) atoms. The number of hydrogen-bond acceptors (Lipinski definition) is 4. The molecule has 0 aliphatic carbocycles. The molecule has 3 rings (SSSR count). The van der Waals surface area contributed by atoms with E-state index in [4.69, 9.17) is 17.3 Å². The van der Waals surface area contributed by atoms with E-state index in [-0.39, 0.29) is 5.96 Å². The minimum absolute atomic E-state index is 0.0359. The SMILES string of the molecule is Cc1ccc(Cl)cc1NC(=O)NC(N)=Nc1nc2ccccc2s1. The number of carbonyl (C=O) groups is 1. The van der Waals surface area contributed by atoms with Crippen molar-refractivity contribution >= 4 is 56.0 Å². The third-order valence-corrected chi connectivity index (χ3v) is 4.35. The van der Waals surface area contributed by atoms with E-state index in [1.807, 2.05) is 37.3 Å². The topological polar surface area (TPSA) is 92.4 Å². The lowest BCUT2D eigenvalue weighted by Gasteiger charge is -2.09. The van der Waals surface area contributed by atoms with Crippen molar-refractivity contribution in [1.29, 1.82) is 0 Å². The molecule has 6 nitrogen and oxygen atoms in total. The van der Waals surface area contributed by atoms with Gasteiger partial charge in [-0.3, -0.25) is 5.32 Å². The summed E-state index contributed by atoms with van der Waals surface area (Å²) in [5, 5.41) is 6.17. The summed E-state index contributed by atoms with van der Waals surface area (Å²) < 4.78 is 1.00. The first-order valence-corrected chi connectivity index (χ1v) is 8.24. The van der Waals surface area contributed by atoms with Crippen LogP contribution in [0.2, 0.25) is 5.02 Å². The van der Waals surface area contributed by atoms with Gasteiger partial charge in [-0.15, -0.1) is 0 Å². The Bertz CT molecular complexity index is 904. The molecule has 0 atom stereocenters. The molecule has 0 aliphatic rings. The predicted octanol–water partition coefficient (Wildman–Crippen LogP) is 4.03. The number of hydrogen-bond donors (Lipinski definition) is 3. The standard InChI is InChI=1S/C16H14ClN5OS/c1-9-6-7-10(17)8-12(9)19-15(23)21-14(18)22-16-20-11-4-2-3-5-13(11)24-16/h2-8H,1H3,(H4,18,19,20,21,22,23). The van der Waals surface area contributed by atoms with Crippen molar-refractivity contribution in [1.82, 2.24) is 10.3 Å². The average Bonchev–Trinajstić information content (AvgIpc) is 2.92. The van der Waals surface area contributed by atoms with E-state index in [0.717, 1.165) is 15.8 Å². The van der Waals surface area contributed by atoms with Crippen LogP contribution in [0.5, 0.6) is 0 Å². The molecule has 0 saturated heterocycles. The molecule has 0 radical (unpaired) electrons. The lowest BCUT2D eigenvalue weighted by atomic mass is 10.2. The minimum Gasteiger partial charge on any atom is -0.369 e. The van der Waals surface area contributed by atoms with Gasteiger partial charge in [0, 0.05) is 10.7 Å². The second-order valence-electron chi connectivity index (χ2n) is 5.00. The first-order valence-electron chi connectivity index (χ1n) is 7.05. The highest BCUT2D eigenvalue weighted by atomic mass is 35.5. The number of halogens is 1. The zero-order chi connectivity index (χ0) is 17.1. The number of nitrogens with zero attached hydrogens (tertiary/aromatic N) is 2. The number of guanidine groups is 1. The largest absolute Gasteiger partial charge is 0.369 e. The molecule has 1 heterocycles. The summed E-state index contributed by atoms with van der Waals surface area (Å²) >= 11 is 7.32. The molecule has 0 saturated carbocycles. The summed E-state index contributed by atoms with van der Waals surface area (Å²) in [4.78, 5) is 20.5. The zero-order valence-electron chi connectivity index (χ0n) is 12.7. The van der Waals surface area contributed by atoms with Crippen LogP contribution in [0.4, 0.5) is 15.6 Å². The molecule has 0 spiro atoms. The molecule has 0 fully saturated rings. The van der Waals surface area contributed by atoms with Gasteiger partial charge >= 0.3 is 6.03 Å². The number of nitrogens with two attached hydrogens (primary N) is 1.